The van der Waals surface area contributed by atoms with E-state index in [1.54, 1.807) is 19.2 Å². The number of anilines is 1. The number of rotatable bonds is 13. The van der Waals surface area contributed by atoms with Gasteiger partial charge in [0.15, 0.2) is 12.3 Å². The highest BCUT2D eigenvalue weighted by Crippen LogP contribution is 2.48. The van der Waals surface area contributed by atoms with E-state index in [2.05, 4.69) is 59.7 Å². The number of nitrogens with zero attached hydrogens (tertiary/aromatic N) is 2. The number of fused-ring (bicyclic) bond motifs is 2. The van der Waals surface area contributed by atoms with Crippen LogP contribution in [0, 0.1) is 0 Å². The van der Waals surface area contributed by atoms with E-state index in [4.69, 9.17) is 9.84 Å². The van der Waals surface area contributed by atoms with Crippen molar-refractivity contribution in [3.05, 3.63) is 89.7 Å². The van der Waals surface area contributed by atoms with Crippen molar-refractivity contribution in [2.75, 3.05) is 31.7 Å². The van der Waals surface area contributed by atoms with Crippen LogP contribution in [0.15, 0.2) is 83.4 Å². The number of ether oxygens (including phenoxy) is 1. The normalized spacial score (nSPS) is 18.3. The Kier molecular flexibility index (Phi) is 9.79. The third-order valence-corrected chi connectivity index (χ3v) is 9.33. The molecule has 230 valence electrons. The number of methoxy groups -OCH3 is 1. The van der Waals surface area contributed by atoms with Gasteiger partial charge in [-0.3, -0.25) is 9.35 Å². The molecule has 2 aromatic rings. The van der Waals surface area contributed by atoms with E-state index in [0.717, 1.165) is 36.3 Å². The maximum Gasteiger partial charge on any atom is 0.303 e. The number of hydrogen-bond donors (Lipinski definition) is 2. The van der Waals surface area contributed by atoms with Crippen LogP contribution >= 0.6 is 0 Å². The van der Waals surface area contributed by atoms with E-state index in [-0.39, 0.29) is 16.7 Å². The Morgan fingerprint density at radius 3 is 2.42 bits per heavy atom. The zero-order valence-electron chi connectivity index (χ0n) is 25.7. The topological polar surface area (TPSA) is 107 Å². The molecule has 8 nitrogen and oxygen atoms in total. The molecule has 0 aromatic heterocycles. The maximum atomic E-state index is 11.9. The Labute approximate surface area is 255 Å². The minimum absolute atomic E-state index is 0.129. The van der Waals surface area contributed by atoms with Gasteiger partial charge in [-0.05, 0) is 56.5 Å². The van der Waals surface area contributed by atoms with Gasteiger partial charge in [0.1, 0.15) is 6.61 Å². The molecule has 2 aromatic carbocycles. The van der Waals surface area contributed by atoms with Crippen molar-refractivity contribution < 1.29 is 32.2 Å². The minimum Gasteiger partial charge on any atom is -0.481 e. The van der Waals surface area contributed by atoms with E-state index in [0.29, 0.717) is 19.6 Å². The molecule has 0 atom stereocenters. The first-order valence-electron chi connectivity index (χ1n) is 14.7. The van der Waals surface area contributed by atoms with Gasteiger partial charge in [0.05, 0.1) is 10.3 Å². The second-order valence-electron chi connectivity index (χ2n) is 12.1. The lowest BCUT2D eigenvalue weighted by Gasteiger charge is -2.27. The predicted octanol–water partition coefficient (Wildman–Crippen LogP) is 6.40. The third-order valence-electron chi connectivity index (χ3n) is 8.48. The first-order chi connectivity index (χ1) is 20.3. The number of benzene rings is 2. The molecule has 0 bridgehead atoms. The summed E-state index contributed by atoms with van der Waals surface area (Å²) in [7, 11) is -2.63. The van der Waals surface area contributed by atoms with Gasteiger partial charge in [-0.1, -0.05) is 56.7 Å². The molecule has 0 aliphatic carbocycles. The molecule has 0 fully saturated rings. The molecule has 0 spiro atoms. The van der Waals surface area contributed by atoms with E-state index in [9.17, 15) is 17.8 Å². The Balaban J connectivity index is 1.63. The lowest BCUT2D eigenvalue weighted by molar-refractivity contribution is -0.441. The number of allylic oxidation sites excluding steroid dienone is 6. The molecule has 0 amide bonds. The fourth-order valence-electron chi connectivity index (χ4n) is 6.20. The molecular weight excluding hydrogens is 564 g/mol. The summed E-state index contributed by atoms with van der Waals surface area (Å²) in [6.45, 7) is 10.6. The number of unbranched alkanes of at least 4 members (excludes halogenated alkanes) is 2. The minimum atomic E-state index is -4.35. The maximum absolute atomic E-state index is 11.9. The van der Waals surface area contributed by atoms with Crippen LogP contribution in [0.3, 0.4) is 0 Å². The van der Waals surface area contributed by atoms with Gasteiger partial charge < -0.3 is 14.7 Å². The van der Waals surface area contributed by atoms with E-state index in [1.165, 1.54) is 23.0 Å². The zero-order valence-corrected chi connectivity index (χ0v) is 26.5. The van der Waals surface area contributed by atoms with E-state index in [1.807, 2.05) is 32.1 Å². The highest BCUT2D eigenvalue weighted by atomic mass is 32.2. The molecular formula is C34H43N2O6S+. The summed E-state index contributed by atoms with van der Waals surface area (Å²) >= 11 is 0. The Morgan fingerprint density at radius 2 is 1.72 bits per heavy atom. The lowest BCUT2D eigenvalue weighted by Crippen LogP contribution is -2.28. The molecule has 2 aliphatic heterocycles. The summed E-state index contributed by atoms with van der Waals surface area (Å²) in [4.78, 5) is 13.0. The van der Waals surface area contributed by atoms with Crippen molar-refractivity contribution in [3.63, 3.8) is 0 Å². The molecule has 0 unspecified atom stereocenters. The van der Waals surface area contributed by atoms with Crippen molar-refractivity contribution in [2.24, 2.45) is 0 Å². The molecule has 0 saturated carbocycles. The van der Waals surface area contributed by atoms with Gasteiger partial charge >= 0.3 is 5.97 Å². The third kappa shape index (κ3) is 6.84. The number of para-hydroxylation sites is 1. The quantitative estimate of drug-likeness (QED) is 0.118. The van der Waals surface area contributed by atoms with Gasteiger partial charge in [-0.15, -0.1) is 0 Å². The average Bonchev–Trinajstić information content (AvgIpc) is 3.29. The predicted molar refractivity (Wildman–Crippen MR) is 170 cm³/mol. The number of hydrogen-bond acceptors (Lipinski definition) is 5. The molecule has 2 heterocycles. The molecule has 2 aliphatic rings. The van der Waals surface area contributed by atoms with Crippen LogP contribution in [0.2, 0.25) is 0 Å². The van der Waals surface area contributed by atoms with Crippen molar-refractivity contribution in [1.82, 2.24) is 0 Å². The first kappa shape index (κ1) is 32.4. The number of carboxylic acid groups (broad SMARTS) is 1. The van der Waals surface area contributed by atoms with Crippen LogP contribution in [0.4, 0.5) is 11.4 Å². The van der Waals surface area contributed by atoms with E-state index < -0.39 is 21.5 Å². The molecule has 0 radical (unpaired) electrons. The number of carboxylic acids is 1. The van der Waals surface area contributed by atoms with Gasteiger partial charge in [0.2, 0.25) is 5.69 Å². The Hall–Kier alpha value is -3.53. The summed E-state index contributed by atoms with van der Waals surface area (Å²) < 4.78 is 41.2. The van der Waals surface area contributed by atoms with Crippen LogP contribution in [0.1, 0.15) is 64.5 Å². The van der Waals surface area contributed by atoms with Crippen molar-refractivity contribution in [1.29, 1.82) is 0 Å². The largest absolute Gasteiger partial charge is 0.481 e. The van der Waals surface area contributed by atoms with Crippen LogP contribution < -0.4 is 4.90 Å². The van der Waals surface area contributed by atoms with Gasteiger partial charge in [-0.25, -0.2) is 0 Å². The average molecular weight is 608 g/mol. The van der Waals surface area contributed by atoms with Gasteiger partial charge in [0.25, 0.3) is 10.1 Å². The smallest absolute Gasteiger partial charge is 0.303 e. The van der Waals surface area contributed by atoms with Crippen molar-refractivity contribution in [2.45, 2.75) is 69.1 Å². The van der Waals surface area contributed by atoms with Crippen LogP contribution in [0.5, 0.6) is 0 Å². The van der Waals surface area contributed by atoms with E-state index >= 15 is 0 Å². The number of carbonyl (C=O) groups is 1. The van der Waals surface area contributed by atoms with Crippen molar-refractivity contribution in [3.8, 4) is 0 Å². The highest BCUT2D eigenvalue weighted by Gasteiger charge is 2.44. The fourth-order valence-corrected chi connectivity index (χ4v) is 6.71. The summed E-state index contributed by atoms with van der Waals surface area (Å²) in [6.07, 6.45) is 12.5. The van der Waals surface area contributed by atoms with Gasteiger partial charge in [0, 0.05) is 54.6 Å². The first-order valence-corrected chi connectivity index (χ1v) is 16.1. The summed E-state index contributed by atoms with van der Waals surface area (Å²) in [6, 6.07) is 13.2. The summed E-state index contributed by atoms with van der Waals surface area (Å²) in [5.41, 5.74) is 5.70. The van der Waals surface area contributed by atoms with Gasteiger partial charge in [-0.2, -0.15) is 13.0 Å². The van der Waals surface area contributed by atoms with Crippen LogP contribution in [-0.4, -0.2) is 61.1 Å². The Morgan fingerprint density at radius 1 is 0.977 bits per heavy atom. The highest BCUT2D eigenvalue weighted by molar-refractivity contribution is 7.85. The molecule has 0 saturated heterocycles. The standard InChI is InChI=1S/C34H42N2O6S/c1-33(2)26-14-11-12-15-28(26)36(22-23-42-5)30(33)16-8-6-9-17-31-34(3,4)27-24-25(43(39,40)41)19-20-29(27)35(31)21-13-7-10-18-32(37)38/h6,8-9,11-12,14-17,19-20,24H,7,10,13,18,21-23H2,1-5H3,(H-,37,38,39,40,41)/p+1. The fraction of sp³-hybridized carbons (Fsp3) is 0.412. The second-order valence-corrected chi connectivity index (χ2v) is 13.5. The molecule has 9 heteroatoms. The molecule has 2 N–H and O–H groups in total. The SMILES string of the molecule is COCC[N+]1=C(/C=C/C=C/C=C2/N(CCCCCC(=O)O)c3ccc(S(=O)(=O)O)cc3C2(C)C)C(C)(C)c2ccccc21. The van der Waals surface area contributed by atoms with Crippen molar-refractivity contribution >= 4 is 33.2 Å². The summed E-state index contributed by atoms with van der Waals surface area (Å²) in [5, 5.41) is 8.98. The zero-order chi connectivity index (χ0) is 31.4. The molecule has 43 heavy (non-hydrogen) atoms. The number of aliphatic carboxylic acids is 1. The van der Waals surface area contributed by atoms with Crippen LogP contribution in [0.25, 0.3) is 0 Å². The lowest BCUT2D eigenvalue weighted by atomic mass is 9.81. The second kappa shape index (κ2) is 13.0. The van der Waals surface area contributed by atoms with Crippen LogP contribution in [-0.2, 0) is 30.5 Å². The Bertz CT molecular complexity index is 1600. The monoisotopic (exact) mass is 607 g/mol. The molecule has 4 rings (SSSR count). The summed E-state index contributed by atoms with van der Waals surface area (Å²) in [5.74, 6) is -0.797.